The molecule has 0 bridgehead atoms. The third kappa shape index (κ3) is 1.25. The van der Waals surface area contributed by atoms with Crippen molar-refractivity contribution in [2.45, 2.75) is 6.92 Å². The van der Waals surface area contributed by atoms with Crippen molar-refractivity contribution in [3.63, 3.8) is 0 Å². The average Bonchev–Trinajstić information content (AvgIpc) is 2.43. The fourth-order valence-electron chi connectivity index (χ4n) is 1.92. The maximum atomic E-state index is 11.7. The van der Waals surface area contributed by atoms with E-state index in [2.05, 4.69) is 5.32 Å². The summed E-state index contributed by atoms with van der Waals surface area (Å²) >= 11 is 0. The molecule has 0 saturated carbocycles. The number of benzene rings is 1. The largest absolute Gasteiger partial charge is 0.388 e. The number of fused-ring (bicyclic) bond motifs is 1. The van der Waals surface area contributed by atoms with Crippen LogP contribution in [0.25, 0.3) is 11.0 Å². The smallest absolute Gasteiger partial charge is 0.328 e. The molecule has 1 heterocycles. The van der Waals surface area contributed by atoms with Crippen LogP contribution >= 0.6 is 0 Å². The van der Waals surface area contributed by atoms with Crippen LogP contribution in [0.3, 0.4) is 0 Å². The van der Waals surface area contributed by atoms with Gasteiger partial charge in [0, 0.05) is 26.8 Å². The zero-order chi connectivity index (χ0) is 11.2. The van der Waals surface area contributed by atoms with Crippen molar-refractivity contribution in [1.82, 2.24) is 9.13 Å². The molecule has 0 saturated heterocycles. The first-order valence-corrected chi connectivity index (χ1v) is 4.90. The number of aryl methyl sites for hydroxylation is 3. The monoisotopic (exact) mass is 205 g/mol. The Morgan fingerprint density at radius 1 is 1.13 bits per heavy atom. The van der Waals surface area contributed by atoms with Gasteiger partial charge in [-0.3, -0.25) is 9.13 Å². The summed E-state index contributed by atoms with van der Waals surface area (Å²) in [4.78, 5) is 11.7. The van der Waals surface area contributed by atoms with Crippen molar-refractivity contribution >= 4 is 16.7 Å². The summed E-state index contributed by atoms with van der Waals surface area (Å²) < 4.78 is 3.33. The molecule has 0 spiro atoms. The molecule has 0 atom stereocenters. The van der Waals surface area contributed by atoms with Crippen molar-refractivity contribution in [2.24, 2.45) is 14.1 Å². The minimum Gasteiger partial charge on any atom is -0.388 e. The van der Waals surface area contributed by atoms with Crippen LogP contribution < -0.4 is 11.0 Å². The Bertz CT molecular complexity index is 578. The van der Waals surface area contributed by atoms with Crippen molar-refractivity contribution < 1.29 is 0 Å². The van der Waals surface area contributed by atoms with Gasteiger partial charge in [-0.15, -0.1) is 0 Å². The standard InChI is InChI=1S/C11H15N3O/c1-7-5-9-10(6-8(7)12-2)14(4)11(15)13(9)3/h5-6,12H,1-4H3. The summed E-state index contributed by atoms with van der Waals surface area (Å²) in [6, 6.07) is 4.04. The Kier molecular flexibility index (Phi) is 2.07. The first-order valence-electron chi connectivity index (χ1n) is 4.90. The van der Waals surface area contributed by atoms with E-state index in [0.29, 0.717) is 0 Å². The molecule has 4 heteroatoms. The molecule has 0 aliphatic rings. The number of aromatic nitrogens is 2. The minimum absolute atomic E-state index is 0.0117. The molecule has 80 valence electrons. The predicted molar refractivity (Wildman–Crippen MR) is 62.4 cm³/mol. The second-order valence-corrected chi connectivity index (χ2v) is 3.81. The number of hydrogen-bond donors (Lipinski definition) is 1. The van der Waals surface area contributed by atoms with Gasteiger partial charge in [0.2, 0.25) is 0 Å². The van der Waals surface area contributed by atoms with Gasteiger partial charge in [-0.25, -0.2) is 4.79 Å². The van der Waals surface area contributed by atoms with Crippen LogP contribution in [-0.4, -0.2) is 16.2 Å². The molecule has 0 amide bonds. The molecule has 0 fully saturated rings. The van der Waals surface area contributed by atoms with Gasteiger partial charge in [0.05, 0.1) is 11.0 Å². The Morgan fingerprint density at radius 2 is 1.67 bits per heavy atom. The lowest BCUT2D eigenvalue weighted by atomic mass is 10.1. The van der Waals surface area contributed by atoms with Gasteiger partial charge in [0.15, 0.2) is 0 Å². The Hall–Kier alpha value is -1.71. The van der Waals surface area contributed by atoms with Crippen molar-refractivity contribution in [1.29, 1.82) is 0 Å². The summed E-state index contributed by atoms with van der Waals surface area (Å²) in [5, 5.41) is 3.12. The number of rotatable bonds is 1. The lowest BCUT2D eigenvalue weighted by Crippen LogP contribution is -2.19. The van der Waals surface area contributed by atoms with Crippen molar-refractivity contribution in [2.75, 3.05) is 12.4 Å². The summed E-state index contributed by atoms with van der Waals surface area (Å²) in [6.07, 6.45) is 0. The molecule has 1 aromatic heterocycles. The van der Waals surface area contributed by atoms with Crippen molar-refractivity contribution in [3.8, 4) is 0 Å². The van der Waals surface area contributed by atoms with Gasteiger partial charge in [-0.2, -0.15) is 0 Å². The number of nitrogens with zero attached hydrogens (tertiary/aromatic N) is 2. The third-order valence-corrected chi connectivity index (χ3v) is 2.89. The normalized spacial score (nSPS) is 10.9. The zero-order valence-corrected chi connectivity index (χ0v) is 9.46. The lowest BCUT2D eigenvalue weighted by molar-refractivity contribution is 0.795. The second kappa shape index (κ2) is 3.15. The molecule has 0 unspecified atom stereocenters. The summed E-state index contributed by atoms with van der Waals surface area (Å²) in [7, 11) is 5.47. The minimum atomic E-state index is 0.0117. The maximum Gasteiger partial charge on any atom is 0.328 e. The van der Waals surface area contributed by atoms with Crippen LogP contribution in [0.4, 0.5) is 5.69 Å². The van der Waals surface area contributed by atoms with Gasteiger partial charge in [0.25, 0.3) is 0 Å². The fraction of sp³-hybridized carbons (Fsp3) is 0.364. The molecule has 0 aliphatic carbocycles. The second-order valence-electron chi connectivity index (χ2n) is 3.81. The highest BCUT2D eigenvalue weighted by molar-refractivity contribution is 5.82. The molecule has 4 nitrogen and oxygen atoms in total. The van der Waals surface area contributed by atoms with E-state index in [0.717, 1.165) is 22.3 Å². The third-order valence-electron chi connectivity index (χ3n) is 2.89. The average molecular weight is 205 g/mol. The Morgan fingerprint density at radius 3 is 2.20 bits per heavy atom. The van der Waals surface area contributed by atoms with Gasteiger partial charge < -0.3 is 5.32 Å². The molecule has 15 heavy (non-hydrogen) atoms. The van der Waals surface area contributed by atoms with E-state index in [-0.39, 0.29) is 5.69 Å². The summed E-state index contributed by atoms with van der Waals surface area (Å²) in [6.45, 7) is 2.03. The van der Waals surface area contributed by atoms with E-state index < -0.39 is 0 Å². The van der Waals surface area contributed by atoms with Crippen LogP contribution in [0.2, 0.25) is 0 Å². The predicted octanol–water partition coefficient (Wildman–Crippen LogP) is 1.23. The van der Waals surface area contributed by atoms with E-state index in [1.54, 1.807) is 23.2 Å². The Labute approximate surface area is 88.1 Å². The van der Waals surface area contributed by atoms with Crippen LogP contribution in [-0.2, 0) is 14.1 Å². The fourth-order valence-corrected chi connectivity index (χ4v) is 1.92. The quantitative estimate of drug-likeness (QED) is 0.760. The highest BCUT2D eigenvalue weighted by Crippen LogP contribution is 2.21. The topological polar surface area (TPSA) is 39.0 Å². The summed E-state index contributed by atoms with van der Waals surface area (Å²) in [5.74, 6) is 0. The van der Waals surface area contributed by atoms with Crippen molar-refractivity contribution in [3.05, 3.63) is 28.2 Å². The number of imidazole rings is 1. The number of nitrogens with one attached hydrogen (secondary N) is 1. The highest BCUT2D eigenvalue weighted by Gasteiger charge is 2.09. The molecule has 1 N–H and O–H groups in total. The maximum absolute atomic E-state index is 11.7. The summed E-state index contributed by atoms with van der Waals surface area (Å²) in [5.41, 5.74) is 4.14. The van der Waals surface area contributed by atoms with E-state index in [9.17, 15) is 4.79 Å². The molecule has 1 aromatic carbocycles. The van der Waals surface area contributed by atoms with Gasteiger partial charge in [-0.1, -0.05) is 0 Å². The van der Waals surface area contributed by atoms with Crippen LogP contribution in [0, 0.1) is 6.92 Å². The molecular formula is C11H15N3O. The molecule has 0 aliphatic heterocycles. The van der Waals surface area contributed by atoms with Gasteiger partial charge >= 0.3 is 5.69 Å². The first kappa shape index (κ1) is 9.83. The highest BCUT2D eigenvalue weighted by atomic mass is 16.1. The Balaban J connectivity index is 2.94. The van der Waals surface area contributed by atoms with E-state index in [4.69, 9.17) is 0 Å². The zero-order valence-electron chi connectivity index (χ0n) is 9.46. The number of hydrogen-bond acceptors (Lipinski definition) is 2. The SMILES string of the molecule is CNc1cc2c(cc1C)n(C)c(=O)n2C. The first-order chi connectivity index (χ1) is 7.06. The van der Waals surface area contributed by atoms with Crippen LogP contribution in [0.1, 0.15) is 5.56 Å². The van der Waals surface area contributed by atoms with E-state index in [1.165, 1.54) is 0 Å². The molecular weight excluding hydrogens is 190 g/mol. The molecule has 2 aromatic rings. The van der Waals surface area contributed by atoms with Crippen LogP contribution in [0.15, 0.2) is 16.9 Å². The molecule has 2 rings (SSSR count). The van der Waals surface area contributed by atoms with Gasteiger partial charge in [0.1, 0.15) is 0 Å². The van der Waals surface area contributed by atoms with Crippen LogP contribution in [0.5, 0.6) is 0 Å². The van der Waals surface area contributed by atoms with E-state index in [1.807, 2.05) is 26.1 Å². The lowest BCUT2D eigenvalue weighted by Gasteiger charge is -2.05. The van der Waals surface area contributed by atoms with E-state index >= 15 is 0 Å². The number of anilines is 1. The molecule has 0 radical (unpaired) electrons. The van der Waals surface area contributed by atoms with Gasteiger partial charge in [-0.05, 0) is 24.6 Å².